The first-order valence-electron chi connectivity index (χ1n) is 8.07. The molecule has 0 saturated carbocycles. The number of hydrogen-bond acceptors (Lipinski definition) is 4. The molecule has 3 rings (SSSR count). The second-order valence-electron chi connectivity index (χ2n) is 5.82. The third kappa shape index (κ3) is 4.03. The highest BCUT2D eigenvalue weighted by Gasteiger charge is 2.18. The lowest BCUT2D eigenvalue weighted by Crippen LogP contribution is -1.97. The summed E-state index contributed by atoms with van der Waals surface area (Å²) in [6.45, 7) is 2.07. The highest BCUT2D eigenvalue weighted by Crippen LogP contribution is 2.38. The summed E-state index contributed by atoms with van der Waals surface area (Å²) in [5, 5.41) is 11.9. The molecular weight excluding hydrogens is 335 g/mol. The molecule has 0 spiro atoms. The van der Waals surface area contributed by atoms with E-state index in [0.717, 1.165) is 28.0 Å². The lowest BCUT2D eigenvalue weighted by molar-refractivity contribution is -0.129. The normalized spacial score (nSPS) is 14.5. The maximum Gasteiger partial charge on any atom is 0.350 e. The predicted molar refractivity (Wildman–Crippen MR) is 97.9 cm³/mol. The number of aryl methyl sites for hydroxylation is 1. The Morgan fingerprint density at radius 1 is 1.35 bits per heavy atom. The topological polar surface area (TPSA) is 71.8 Å². The SMILES string of the molecule is Cc1cc(/C=C2/C=C(CCON=CC(=O)O)c3ccccc32)c(F)cn1. The Morgan fingerprint density at radius 3 is 2.88 bits per heavy atom. The number of carbonyl (C=O) groups is 1. The average molecular weight is 352 g/mol. The highest BCUT2D eigenvalue weighted by atomic mass is 19.1. The van der Waals surface area contributed by atoms with Crippen molar-refractivity contribution in [2.45, 2.75) is 13.3 Å². The summed E-state index contributed by atoms with van der Waals surface area (Å²) >= 11 is 0. The van der Waals surface area contributed by atoms with Crippen LogP contribution in [0.5, 0.6) is 0 Å². The zero-order valence-corrected chi connectivity index (χ0v) is 14.1. The van der Waals surface area contributed by atoms with Gasteiger partial charge >= 0.3 is 5.97 Å². The molecule has 0 unspecified atom stereocenters. The lowest BCUT2D eigenvalue weighted by atomic mass is 10.0. The minimum absolute atomic E-state index is 0.250. The summed E-state index contributed by atoms with van der Waals surface area (Å²) in [6.07, 6.45) is 6.28. The number of halogens is 1. The fraction of sp³-hybridized carbons (Fsp3) is 0.150. The number of aliphatic carboxylic acids is 1. The number of allylic oxidation sites excluding steroid dienone is 2. The largest absolute Gasteiger partial charge is 0.477 e. The van der Waals surface area contributed by atoms with Crippen LogP contribution in [0.3, 0.4) is 0 Å². The van der Waals surface area contributed by atoms with E-state index in [1.54, 1.807) is 12.1 Å². The number of pyridine rings is 1. The smallest absolute Gasteiger partial charge is 0.350 e. The van der Waals surface area contributed by atoms with Crippen LogP contribution >= 0.6 is 0 Å². The van der Waals surface area contributed by atoms with Crippen LogP contribution in [0.2, 0.25) is 0 Å². The van der Waals surface area contributed by atoms with E-state index in [2.05, 4.69) is 10.1 Å². The molecule has 5 nitrogen and oxygen atoms in total. The van der Waals surface area contributed by atoms with Gasteiger partial charge in [0.15, 0.2) is 6.21 Å². The van der Waals surface area contributed by atoms with Gasteiger partial charge in [-0.3, -0.25) is 4.98 Å². The van der Waals surface area contributed by atoms with E-state index in [0.29, 0.717) is 18.2 Å². The summed E-state index contributed by atoms with van der Waals surface area (Å²) in [7, 11) is 0. The van der Waals surface area contributed by atoms with Crippen molar-refractivity contribution in [1.29, 1.82) is 0 Å². The minimum Gasteiger partial charge on any atom is -0.477 e. The van der Waals surface area contributed by atoms with Crippen molar-refractivity contribution in [3.63, 3.8) is 0 Å². The first-order chi connectivity index (χ1) is 12.5. The van der Waals surface area contributed by atoms with Crippen LogP contribution in [-0.4, -0.2) is 28.9 Å². The molecule has 0 bridgehead atoms. The number of aromatic nitrogens is 1. The first-order valence-corrected chi connectivity index (χ1v) is 8.07. The Kier molecular flexibility index (Phi) is 5.22. The molecule has 132 valence electrons. The van der Waals surface area contributed by atoms with Crippen molar-refractivity contribution in [3.8, 4) is 0 Å². The molecule has 26 heavy (non-hydrogen) atoms. The fourth-order valence-electron chi connectivity index (χ4n) is 2.82. The molecule has 1 aliphatic rings. The van der Waals surface area contributed by atoms with Gasteiger partial charge in [-0.05, 0) is 41.3 Å². The van der Waals surface area contributed by atoms with Crippen LogP contribution in [0.15, 0.2) is 47.8 Å². The number of hydrogen-bond donors (Lipinski definition) is 1. The number of carboxylic acid groups (broad SMARTS) is 1. The molecule has 0 radical (unpaired) electrons. The predicted octanol–water partition coefficient (Wildman–Crippen LogP) is 3.94. The number of fused-ring (bicyclic) bond motifs is 1. The molecule has 0 aliphatic heterocycles. The van der Waals surface area contributed by atoms with E-state index in [4.69, 9.17) is 9.94 Å². The molecule has 1 aromatic carbocycles. The van der Waals surface area contributed by atoms with Crippen LogP contribution in [-0.2, 0) is 9.63 Å². The van der Waals surface area contributed by atoms with Crippen LogP contribution in [0, 0.1) is 12.7 Å². The van der Waals surface area contributed by atoms with Gasteiger partial charge in [-0.2, -0.15) is 0 Å². The Hall–Kier alpha value is -3.28. The van der Waals surface area contributed by atoms with E-state index in [-0.39, 0.29) is 12.4 Å². The molecule has 1 aliphatic carbocycles. The van der Waals surface area contributed by atoms with Crippen molar-refractivity contribution in [2.24, 2.45) is 5.16 Å². The van der Waals surface area contributed by atoms with Gasteiger partial charge < -0.3 is 9.94 Å². The van der Waals surface area contributed by atoms with Gasteiger partial charge in [0, 0.05) is 17.7 Å². The molecule has 0 amide bonds. The zero-order valence-electron chi connectivity index (χ0n) is 14.1. The maximum absolute atomic E-state index is 14.0. The Balaban J connectivity index is 1.85. The molecule has 6 heteroatoms. The van der Waals surface area contributed by atoms with Gasteiger partial charge in [-0.1, -0.05) is 35.5 Å². The standard InChI is InChI=1S/C20H17FN2O3/c1-13-8-16(19(21)11-22-13)10-15-9-14(6-7-26-23-12-20(24)25)17-4-2-3-5-18(15)17/h2-5,8-12H,6-7H2,1H3,(H,24,25)/b15-10-,23-12?. The van der Waals surface area contributed by atoms with Crippen molar-refractivity contribution in [2.75, 3.05) is 6.61 Å². The minimum atomic E-state index is -1.16. The number of carboxylic acids is 1. The average Bonchev–Trinajstić information content (AvgIpc) is 2.96. The number of benzene rings is 1. The summed E-state index contributed by atoms with van der Waals surface area (Å²) in [5.74, 6) is -1.52. The van der Waals surface area contributed by atoms with Crippen molar-refractivity contribution < 1.29 is 19.1 Å². The van der Waals surface area contributed by atoms with Gasteiger partial charge in [0.05, 0.1) is 6.20 Å². The van der Waals surface area contributed by atoms with Crippen molar-refractivity contribution in [1.82, 2.24) is 4.98 Å². The van der Waals surface area contributed by atoms with Crippen LogP contribution in [0.4, 0.5) is 4.39 Å². The zero-order chi connectivity index (χ0) is 18.5. The Morgan fingerprint density at radius 2 is 2.12 bits per heavy atom. The highest BCUT2D eigenvalue weighted by molar-refractivity contribution is 6.21. The van der Waals surface area contributed by atoms with Crippen LogP contribution in [0.25, 0.3) is 17.2 Å². The molecule has 1 N–H and O–H groups in total. The Bertz CT molecular complexity index is 932. The van der Waals surface area contributed by atoms with Gasteiger partial charge in [0.2, 0.25) is 0 Å². The molecule has 0 saturated heterocycles. The summed E-state index contributed by atoms with van der Waals surface area (Å²) in [6, 6.07) is 9.57. The Labute approximate surface area is 150 Å². The first kappa shape index (κ1) is 17.5. The van der Waals surface area contributed by atoms with Crippen LogP contribution in [0.1, 0.15) is 28.8 Å². The molecule has 1 aromatic heterocycles. The molecule has 1 heterocycles. The van der Waals surface area contributed by atoms with Gasteiger partial charge in [-0.25, -0.2) is 9.18 Å². The second-order valence-corrected chi connectivity index (χ2v) is 5.82. The molecular formula is C20H17FN2O3. The van der Waals surface area contributed by atoms with E-state index in [1.165, 1.54) is 6.20 Å². The van der Waals surface area contributed by atoms with E-state index in [9.17, 15) is 9.18 Å². The van der Waals surface area contributed by atoms with E-state index < -0.39 is 5.97 Å². The van der Waals surface area contributed by atoms with E-state index in [1.807, 2.05) is 37.3 Å². The van der Waals surface area contributed by atoms with Gasteiger partial charge in [0.1, 0.15) is 12.4 Å². The molecule has 0 fully saturated rings. The number of oxime groups is 1. The molecule has 0 atom stereocenters. The maximum atomic E-state index is 14.0. The van der Waals surface area contributed by atoms with E-state index >= 15 is 0 Å². The molecule has 2 aromatic rings. The third-order valence-electron chi connectivity index (χ3n) is 3.95. The number of nitrogens with zero attached hydrogens (tertiary/aromatic N) is 2. The lowest BCUT2D eigenvalue weighted by Gasteiger charge is -2.05. The van der Waals surface area contributed by atoms with Gasteiger partial charge in [0.25, 0.3) is 0 Å². The third-order valence-corrected chi connectivity index (χ3v) is 3.95. The summed E-state index contributed by atoms with van der Waals surface area (Å²) < 4.78 is 14.0. The summed E-state index contributed by atoms with van der Waals surface area (Å²) in [4.78, 5) is 19.3. The number of rotatable bonds is 6. The fourth-order valence-corrected chi connectivity index (χ4v) is 2.82. The quantitative estimate of drug-likeness (QED) is 0.485. The summed E-state index contributed by atoms with van der Waals surface area (Å²) in [5.41, 5.74) is 5.25. The van der Waals surface area contributed by atoms with Crippen LogP contribution < -0.4 is 0 Å². The van der Waals surface area contributed by atoms with Gasteiger partial charge in [-0.15, -0.1) is 0 Å². The van der Waals surface area contributed by atoms with Crippen molar-refractivity contribution >= 4 is 29.4 Å². The van der Waals surface area contributed by atoms with Crippen molar-refractivity contribution in [3.05, 3.63) is 70.8 Å². The monoisotopic (exact) mass is 352 g/mol. The second kappa shape index (κ2) is 7.74.